The van der Waals surface area contributed by atoms with Gasteiger partial charge in [0.05, 0.1) is 5.52 Å². The summed E-state index contributed by atoms with van der Waals surface area (Å²) in [5.41, 5.74) is 5.23. The van der Waals surface area contributed by atoms with Crippen molar-refractivity contribution in [2.75, 3.05) is 25.1 Å². The number of para-hydroxylation sites is 1. The van der Waals surface area contributed by atoms with E-state index in [-0.39, 0.29) is 0 Å². The number of anilines is 1. The first kappa shape index (κ1) is 14.7. The normalized spacial score (nSPS) is 11.6. The van der Waals surface area contributed by atoms with Gasteiger partial charge in [-0.25, -0.2) is 5.84 Å². The van der Waals surface area contributed by atoms with Crippen LogP contribution in [-0.4, -0.2) is 44.3 Å². The molecule has 3 rings (SSSR count). The Kier molecular flexibility index (Phi) is 4.17. The molecule has 3 N–H and O–H groups in total. The van der Waals surface area contributed by atoms with Crippen molar-refractivity contribution in [1.82, 2.24) is 24.6 Å². The monoisotopic (exact) mass is 299 g/mol. The third-order valence-electron chi connectivity index (χ3n) is 4.04. The number of likely N-dealkylation sites (N-methyl/N-ethyl adjacent to an activating group) is 1. The maximum atomic E-state index is 5.42. The molecule has 0 unspecified atom stereocenters. The molecule has 1 aromatic carbocycles. The SMILES string of the molecule is CCN(CC)CCn1c2ccccc2c2nnc(NN)nc21. The van der Waals surface area contributed by atoms with Gasteiger partial charge in [0, 0.05) is 18.5 Å². The van der Waals surface area contributed by atoms with Crippen molar-refractivity contribution >= 4 is 28.0 Å². The average Bonchev–Trinajstić information content (AvgIpc) is 2.89. The molecule has 22 heavy (non-hydrogen) atoms. The van der Waals surface area contributed by atoms with Crippen LogP contribution in [0.1, 0.15) is 13.8 Å². The Bertz CT molecular complexity index is 776. The summed E-state index contributed by atoms with van der Waals surface area (Å²) in [6, 6.07) is 8.19. The molecule has 0 saturated heterocycles. The van der Waals surface area contributed by atoms with Crippen molar-refractivity contribution in [2.45, 2.75) is 20.4 Å². The fourth-order valence-electron chi connectivity index (χ4n) is 2.77. The first-order valence-corrected chi connectivity index (χ1v) is 7.59. The second kappa shape index (κ2) is 6.25. The number of hydrazine groups is 1. The van der Waals surface area contributed by atoms with Gasteiger partial charge in [-0.1, -0.05) is 32.0 Å². The molecule has 0 atom stereocenters. The number of nitrogens with zero attached hydrogens (tertiary/aromatic N) is 5. The molecule has 0 aliphatic heterocycles. The highest BCUT2D eigenvalue weighted by Gasteiger charge is 2.14. The number of hydrogen-bond donors (Lipinski definition) is 2. The van der Waals surface area contributed by atoms with E-state index in [9.17, 15) is 0 Å². The van der Waals surface area contributed by atoms with Crippen molar-refractivity contribution in [3.8, 4) is 0 Å². The maximum Gasteiger partial charge on any atom is 0.258 e. The lowest BCUT2D eigenvalue weighted by molar-refractivity contribution is 0.293. The molecule has 0 bridgehead atoms. The van der Waals surface area contributed by atoms with Gasteiger partial charge in [0.15, 0.2) is 5.65 Å². The van der Waals surface area contributed by atoms with Gasteiger partial charge in [-0.3, -0.25) is 5.43 Å². The largest absolute Gasteiger partial charge is 0.322 e. The lowest BCUT2D eigenvalue weighted by atomic mass is 10.2. The molecule has 2 heterocycles. The maximum absolute atomic E-state index is 5.42. The van der Waals surface area contributed by atoms with Crippen LogP contribution in [-0.2, 0) is 6.54 Å². The van der Waals surface area contributed by atoms with Crippen LogP contribution in [0.3, 0.4) is 0 Å². The van der Waals surface area contributed by atoms with E-state index in [1.807, 2.05) is 12.1 Å². The molecule has 0 amide bonds. The van der Waals surface area contributed by atoms with Crippen molar-refractivity contribution in [3.05, 3.63) is 24.3 Å². The van der Waals surface area contributed by atoms with Gasteiger partial charge in [-0.15, -0.1) is 10.2 Å². The summed E-state index contributed by atoms with van der Waals surface area (Å²) in [5, 5.41) is 9.34. The van der Waals surface area contributed by atoms with E-state index in [1.165, 1.54) is 0 Å². The molecule has 0 saturated carbocycles. The Morgan fingerprint density at radius 1 is 1.18 bits per heavy atom. The number of nitrogens with one attached hydrogen (secondary N) is 1. The van der Waals surface area contributed by atoms with Crippen molar-refractivity contribution in [2.24, 2.45) is 5.84 Å². The molecular formula is C15H21N7. The van der Waals surface area contributed by atoms with Crippen LogP contribution in [0.4, 0.5) is 5.95 Å². The van der Waals surface area contributed by atoms with E-state index in [4.69, 9.17) is 5.84 Å². The van der Waals surface area contributed by atoms with Crippen LogP contribution < -0.4 is 11.3 Å². The molecule has 7 nitrogen and oxygen atoms in total. The van der Waals surface area contributed by atoms with Crippen LogP contribution in [0.15, 0.2) is 24.3 Å². The van der Waals surface area contributed by atoms with Gasteiger partial charge in [0.1, 0.15) is 5.52 Å². The summed E-state index contributed by atoms with van der Waals surface area (Å²) in [6.45, 7) is 8.25. The van der Waals surface area contributed by atoms with Crippen LogP contribution in [0, 0.1) is 0 Å². The molecule has 0 aliphatic carbocycles. The fraction of sp³-hybridized carbons (Fsp3) is 0.400. The predicted molar refractivity (Wildman–Crippen MR) is 88.4 cm³/mol. The van der Waals surface area contributed by atoms with Gasteiger partial charge in [0.2, 0.25) is 0 Å². The number of rotatable bonds is 6. The topological polar surface area (TPSA) is 84.9 Å². The fourth-order valence-corrected chi connectivity index (χ4v) is 2.77. The third kappa shape index (κ3) is 2.49. The summed E-state index contributed by atoms with van der Waals surface area (Å²) in [6.07, 6.45) is 0. The Morgan fingerprint density at radius 3 is 2.68 bits per heavy atom. The van der Waals surface area contributed by atoms with E-state index in [0.717, 1.165) is 48.2 Å². The van der Waals surface area contributed by atoms with Crippen LogP contribution in [0.25, 0.3) is 22.1 Å². The van der Waals surface area contributed by atoms with E-state index in [1.54, 1.807) is 0 Å². The van der Waals surface area contributed by atoms with Crippen molar-refractivity contribution in [3.63, 3.8) is 0 Å². The van der Waals surface area contributed by atoms with E-state index < -0.39 is 0 Å². The van der Waals surface area contributed by atoms with Crippen molar-refractivity contribution in [1.29, 1.82) is 0 Å². The summed E-state index contributed by atoms with van der Waals surface area (Å²) in [4.78, 5) is 6.88. The predicted octanol–water partition coefficient (Wildman–Crippen LogP) is 1.61. The van der Waals surface area contributed by atoms with Gasteiger partial charge in [-0.05, 0) is 19.2 Å². The van der Waals surface area contributed by atoms with Crippen molar-refractivity contribution < 1.29 is 0 Å². The zero-order chi connectivity index (χ0) is 15.5. The summed E-state index contributed by atoms with van der Waals surface area (Å²) < 4.78 is 2.19. The Balaban J connectivity index is 2.11. The van der Waals surface area contributed by atoms with E-state index in [0.29, 0.717) is 5.95 Å². The average molecular weight is 299 g/mol. The highest BCUT2D eigenvalue weighted by molar-refractivity contribution is 6.04. The van der Waals surface area contributed by atoms with Crippen LogP contribution >= 0.6 is 0 Å². The van der Waals surface area contributed by atoms with Crippen LogP contribution in [0.2, 0.25) is 0 Å². The molecule has 0 spiro atoms. The highest BCUT2D eigenvalue weighted by Crippen LogP contribution is 2.26. The van der Waals surface area contributed by atoms with Gasteiger partial charge in [-0.2, -0.15) is 4.98 Å². The molecule has 0 aliphatic rings. The zero-order valence-corrected chi connectivity index (χ0v) is 13.0. The first-order chi connectivity index (χ1) is 10.8. The lowest BCUT2D eigenvalue weighted by Crippen LogP contribution is -2.27. The number of nitrogens with two attached hydrogens (primary N) is 1. The van der Waals surface area contributed by atoms with Gasteiger partial charge in [0.25, 0.3) is 5.95 Å². The summed E-state index contributed by atoms with van der Waals surface area (Å²) >= 11 is 0. The molecule has 116 valence electrons. The number of benzene rings is 1. The minimum absolute atomic E-state index is 0.333. The summed E-state index contributed by atoms with van der Waals surface area (Å²) in [5.74, 6) is 5.75. The molecule has 7 heteroatoms. The van der Waals surface area contributed by atoms with Gasteiger partial charge >= 0.3 is 0 Å². The highest BCUT2D eigenvalue weighted by atomic mass is 15.4. The molecule has 2 aromatic heterocycles. The molecule has 3 aromatic rings. The number of nitrogen functional groups attached to an aromatic ring is 1. The number of hydrogen-bond acceptors (Lipinski definition) is 6. The quantitative estimate of drug-likeness (QED) is 0.531. The lowest BCUT2D eigenvalue weighted by Gasteiger charge is -2.18. The minimum Gasteiger partial charge on any atom is -0.322 e. The second-order valence-electron chi connectivity index (χ2n) is 5.15. The molecular weight excluding hydrogens is 278 g/mol. The number of fused-ring (bicyclic) bond motifs is 3. The Hall–Kier alpha value is -2.25. The zero-order valence-electron chi connectivity index (χ0n) is 13.0. The van der Waals surface area contributed by atoms with Gasteiger partial charge < -0.3 is 9.47 Å². The minimum atomic E-state index is 0.333. The molecule has 0 radical (unpaired) electrons. The standard InChI is InChI=1S/C15H21N7/c1-3-21(4-2)9-10-22-12-8-6-5-7-11(12)13-14(22)17-15(18-16)20-19-13/h5-8H,3-4,9-10,16H2,1-2H3,(H,17,18,20). The smallest absolute Gasteiger partial charge is 0.258 e. The first-order valence-electron chi connectivity index (χ1n) is 7.59. The van der Waals surface area contributed by atoms with E-state index >= 15 is 0 Å². The van der Waals surface area contributed by atoms with E-state index in [2.05, 4.69) is 56.1 Å². The summed E-state index contributed by atoms with van der Waals surface area (Å²) in [7, 11) is 0. The second-order valence-corrected chi connectivity index (χ2v) is 5.15. The molecule has 0 fully saturated rings. The number of aromatic nitrogens is 4. The van der Waals surface area contributed by atoms with Crippen LogP contribution in [0.5, 0.6) is 0 Å². The Morgan fingerprint density at radius 2 is 1.95 bits per heavy atom. The Labute approximate surface area is 129 Å². The third-order valence-corrected chi connectivity index (χ3v) is 4.04.